The van der Waals surface area contributed by atoms with Gasteiger partial charge in [0.15, 0.2) is 6.29 Å². The number of aliphatic carboxylic acids is 1. The molecule has 1 heterocycles. The molecule has 0 saturated heterocycles. The third-order valence-electron chi connectivity index (χ3n) is 1.71. The number of carboxylic acid groups (broad SMARTS) is 1. The number of carbonyl (C=O) groups is 2. The summed E-state index contributed by atoms with van der Waals surface area (Å²) in [7, 11) is 0. The third-order valence-corrected chi connectivity index (χ3v) is 2.77. The lowest BCUT2D eigenvalue weighted by atomic mass is 10.3. The zero-order valence-corrected chi connectivity index (χ0v) is 8.66. The zero-order chi connectivity index (χ0) is 11.3. The molecule has 1 aromatic rings. The van der Waals surface area contributed by atoms with Crippen LogP contribution in [0, 0.1) is 0 Å². The minimum atomic E-state index is -0.922. The van der Waals surface area contributed by atoms with E-state index < -0.39 is 12.2 Å². The van der Waals surface area contributed by atoms with Gasteiger partial charge in [0.2, 0.25) is 0 Å². The van der Waals surface area contributed by atoms with Gasteiger partial charge in [-0.1, -0.05) is 0 Å². The summed E-state index contributed by atoms with van der Waals surface area (Å²) < 4.78 is 0. The number of aldehydes is 1. The van der Waals surface area contributed by atoms with E-state index in [4.69, 9.17) is 5.11 Å². The van der Waals surface area contributed by atoms with Gasteiger partial charge in [-0.25, -0.2) is 0 Å². The summed E-state index contributed by atoms with van der Waals surface area (Å²) in [5, 5.41) is 20.5. The molecule has 82 valence electrons. The highest BCUT2D eigenvalue weighted by Crippen LogP contribution is 2.20. The molecule has 0 spiro atoms. The van der Waals surface area contributed by atoms with Gasteiger partial charge in [-0.3, -0.25) is 14.9 Å². The van der Waals surface area contributed by atoms with E-state index in [-0.39, 0.29) is 13.0 Å². The number of thiophene rings is 1. The average molecular weight is 229 g/mol. The Morgan fingerprint density at radius 1 is 1.60 bits per heavy atom. The van der Waals surface area contributed by atoms with Crippen molar-refractivity contribution in [2.45, 2.75) is 12.6 Å². The Labute approximate surface area is 90.4 Å². The quantitative estimate of drug-likeness (QED) is 0.491. The minimum absolute atomic E-state index is 0.0526. The molecule has 0 saturated carbocycles. The molecule has 5 nitrogen and oxygen atoms in total. The molecule has 1 unspecified atom stereocenters. The van der Waals surface area contributed by atoms with Crippen LogP contribution in [0.15, 0.2) is 12.1 Å². The third kappa shape index (κ3) is 3.78. The first-order valence-corrected chi connectivity index (χ1v) is 5.13. The molecule has 1 atom stereocenters. The van der Waals surface area contributed by atoms with Crippen LogP contribution in [-0.2, 0) is 4.79 Å². The zero-order valence-electron chi connectivity index (χ0n) is 7.84. The SMILES string of the molecule is O=Cc1ccc(C(O)NCCC(=O)O)s1. The first-order valence-electron chi connectivity index (χ1n) is 4.31. The lowest BCUT2D eigenvalue weighted by molar-refractivity contribution is -0.137. The Morgan fingerprint density at radius 3 is 2.87 bits per heavy atom. The predicted octanol–water partition coefficient (Wildman–Crippen LogP) is 0.616. The van der Waals surface area contributed by atoms with Crippen LogP contribution in [0.1, 0.15) is 27.2 Å². The molecule has 0 amide bonds. The van der Waals surface area contributed by atoms with Gasteiger partial charge >= 0.3 is 5.97 Å². The van der Waals surface area contributed by atoms with E-state index in [1.807, 2.05) is 0 Å². The normalized spacial score (nSPS) is 12.3. The fourth-order valence-corrected chi connectivity index (χ4v) is 1.78. The van der Waals surface area contributed by atoms with Crippen LogP contribution < -0.4 is 5.32 Å². The number of carboxylic acids is 1. The number of aliphatic hydroxyl groups is 1. The molecule has 0 aliphatic heterocycles. The van der Waals surface area contributed by atoms with Crippen molar-refractivity contribution in [1.82, 2.24) is 5.32 Å². The summed E-state index contributed by atoms with van der Waals surface area (Å²) in [6.07, 6.45) is -0.260. The van der Waals surface area contributed by atoms with Crippen LogP contribution in [-0.4, -0.2) is 29.0 Å². The molecular formula is C9H11NO4S. The largest absolute Gasteiger partial charge is 0.481 e. The molecular weight excluding hydrogens is 218 g/mol. The monoisotopic (exact) mass is 229 g/mol. The van der Waals surface area contributed by atoms with E-state index in [0.29, 0.717) is 16.0 Å². The Bertz CT molecular complexity index is 350. The number of hydrogen-bond donors (Lipinski definition) is 3. The lowest BCUT2D eigenvalue weighted by Crippen LogP contribution is -2.22. The Hall–Kier alpha value is -1.24. The lowest BCUT2D eigenvalue weighted by Gasteiger charge is -2.09. The second kappa shape index (κ2) is 5.59. The van der Waals surface area contributed by atoms with E-state index in [1.165, 1.54) is 11.3 Å². The van der Waals surface area contributed by atoms with Gasteiger partial charge in [0.25, 0.3) is 0 Å². The van der Waals surface area contributed by atoms with Crippen LogP contribution in [0.5, 0.6) is 0 Å². The number of rotatable bonds is 6. The molecule has 0 aromatic carbocycles. The van der Waals surface area contributed by atoms with Gasteiger partial charge in [0.05, 0.1) is 11.3 Å². The number of hydrogen-bond acceptors (Lipinski definition) is 5. The highest BCUT2D eigenvalue weighted by atomic mass is 32.1. The van der Waals surface area contributed by atoms with Crippen molar-refractivity contribution in [2.75, 3.05) is 6.54 Å². The van der Waals surface area contributed by atoms with Crippen LogP contribution in [0.3, 0.4) is 0 Å². The van der Waals surface area contributed by atoms with Crippen LogP contribution >= 0.6 is 11.3 Å². The summed E-state index contributed by atoms with van der Waals surface area (Å²) in [5.41, 5.74) is 0. The second-order valence-corrected chi connectivity index (χ2v) is 4.01. The summed E-state index contributed by atoms with van der Waals surface area (Å²) in [6.45, 7) is 0.185. The van der Waals surface area contributed by atoms with Gasteiger partial charge in [0, 0.05) is 11.4 Å². The van der Waals surface area contributed by atoms with Crippen LogP contribution in [0.2, 0.25) is 0 Å². The highest BCUT2D eigenvalue weighted by Gasteiger charge is 2.09. The summed E-state index contributed by atoms with van der Waals surface area (Å²) in [5.74, 6) is -0.922. The van der Waals surface area contributed by atoms with Crippen molar-refractivity contribution in [1.29, 1.82) is 0 Å². The molecule has 0 aliphatic carbocycles. The average Bonchev–Trinajstić information content (AvgIpc) is 2.65. The van der Waals surface area contributed by atoms with Gasteiger partial charge in [0.1, 0.15) is 6.23 Å². The number of carbonyl (C=O) groups excluding carboxylic acids is 1. The van der Waals surface area contributed by atoms with Crippen LogP contribution in [0.4, 0.5) is 0 Å². The van der Waals surface area contributed by atoms with E-state index >= 15 is 0 Å². The molecule has 0 bridgehead atoms. The first-order chi connectivity index (χ1) is 7.13. The van der Waals surface area contributed by atoms with E-state index in [2.05, 4.69) is 5.32 Å². The Morgan fingerprint density at radius 2 is 2.33 bits per heavy atom. The Kier molecular flexibility index (Phi) is 4.41. The fourth-order valence-electron chi connectivity index (χ4n) is 0.995. The molecule has 3 N–H and O–H groups in total. The molecule has 0 aliphatic rings. The van der Waals surface area contributed by atoms with Gasteiger partial charge in [-0.05, 0) is 12.1 Å². The van der Waals surface area contributed by atoms with Gasteiger partial charge in [-0.2, -0.15) is 0 Å². The fraction of sp³-hybridized carbons (Fsp3) is 0.333. The predicted molar refractivity (Wildman–Crippen MR) is 54.9 cm³/mol. The maximum atomic E-state index is 10.4. The topological polar surface area (TPSA) is 86.6 Å². The van der Waals surface area contributed by atoms with Crippen molar-refractivity contribution in [3.63, 3.8) is 0 Å². The smallest absolute Gasteiger partial charge is 0.304 e. The van der Waals surface area contributed by atoms with Gasteiger partial charge < -0.3 is 10.2 Å². The molecule has 0 fully saturated rings. The van der Waals surface area contributed by atoms with Crippen molar-refractivity contribution < 1.29 is 19.8 Å². The molecule has 1 aromatic heterocycles. The second-order valence-electron chi connectivity index (χ2n) is 2.86. The summed E-state index contributed by atoms with van der Waals surface area (Å²) in [6, 6.07) is 3.24. The van der Waals surface area contributed by atoms with Crippen molar-refractivity contribution in [3.05, 3.63) is 21.9 Å². The molecule has 1 rings (SSSR count). The minimum Gasteiger partial charge on any atom is -0.481 e. The van der Waals surface area contributed by atoms with E-state index in [1.54, 1.807) is 12.1 Å². The summed E-state index contributed by atoms with van der Waals surface area (Å²) >= 11 is 1.17. The van der Waals surface area contributed by atoms with E-state index in [0.717, 1.165) is 0 Å². The van der Waals surface area contributed by atoms with Crippen molar-refractivity contribution in [3.8, 4) is 0 Å². The molecule has 6 heteroatoms. The van der Waals surface area contributed by atoms with Crippen molar-refractivity contribution in [2.24, 2.45) is 0 Å². The summed E-state index contributed by atoms with van der Waals surface area (Å²) in [4.78, 5) is 21.7. The van der Waals surface area contributed by atoms with E-state index in [9.17, 15) is 14.7 Å². The Balaban J connectivity index is 2.42. The standard InChI is InChI=1S/C9H11NO4S/c11-5-6-1-2-7(15-6)9(14)10-4-3-8(12)13/h1-2,5,9-10,14H,3-4H2,(H,12,13). The highest BCUT2D eigenvalue weighted by molar-refractivity contribution is 7.13. The maximum absolute atomic E-state index is 10.4. The number of aliphatic hydroxyl groups excluding tert-OH is 1. The van der Waals surface area contributed by atoms with Crippen LogP contribution in [0.25, 0.3) is 0 Å². The van der Waals surface area contributed by atoms with Crippen molar-refractivity contribution >= 4 is 23.6 Å². The molecule has 15 heavy (non-hydrogen) atoms. The molecule has 0 radical (unpaired) electrons. The number of nitrogens with one attached hydrogen (secondary N) is 1. The maximum Gasteiger partial charge on any atom is 0.304 e. The van der Waals surface area contributed by atoms with Gasteiger partial charge in [-0.15, -0.1) is 11.3 Å². The first kappa shape index (κ1) is 11.8.